The molecule has 94 valence electrons. The van der Waals surface area contributed by atoms with E-state index in [1.54, 1.807) is 7.11 Å². The van der Waals surface area contributed by atoms with Crippen molar-refractivity contribution in [3.8, 4) is 5.75 Å². The Labute approximate surface area is 102 Å². The molecule has 1 aromatic rings. The number of likely N-dealkylation sites (tertiary alicyclic amines) is 1. The Morgan fingerprint density at radius 1 is 1.53 bits per heavy atom. The van der Waals surface area contributed by atoms with Gasteiger partial charge >= 0.3 is 0 Å². The highest BCUT2D eigenvalue weighted by atomic mass is 16.5. The molecule has 0 saturated carbocycles. The summed E-state index contributed by atoms with van der Waals surface area (Å²) in [5.74, 6) is 0.879. The summed E-state index contributed by atoms with van der Waals surface area (Å²) >= 11 is 0. The van der Waals surface area contributed by atoms with Crippen LogP contribution in [0.2, 0.25) is 0 Å². The molecule has 0 aromatic heterocycles. The van der Waals surface area contributed by atoms with Crippen molar-refractivity contribution in [2.75, 3.05) is 26.1 Å². The van der Waals surface area contributed by atoms with Crippen LogP contribution in [0.25, 0.3) is 0 Å². The van der Waals surface area contributed by atoms with Gasteiger partial charge in [0.1, 0.15) is 5.75 Å². The number of nitrogen functional groups attached to an aromatic ring is 1. The van der Waals surface area contributed by atoms with Crippen molar-refractivity contribution in [3.05, 3.63) is 23.8 Å². The van der Waals surface area contributed by atoms with Crippen LogP contribution >= 0.6 is 0 Å². The lowest BCUT2D eigenvalue weighted by Crippen LogP contribution is -2.31. The minimum atomic E-state index is 0.134. The van der Waals surface area contributed by atoms with Gasteiger partial charge in [-0.3, -0.25) is 4.90 Å². The molecule has 1 aromatic carbocycles. The molecule has 1 heterocycles. The van der Waals surface area contributed by atoms with E-state index in [-0.39, 0.29) is 6.73 Å². The number of aliphatic hydroxyl groups is 1. The van der Waals surface area contributed by atoms with Gasteiger partial charge in [0.15, 0.2) is 0 Å². The van der Waals surface area contributed by atoms with E-state index in [1.807, 2.05) is 18.2 Å². The monoisotopic (exact) mass is 236 g/mol. The van der Waals surface area contributed by atoms with E-state index < -0.39 is 0 Å². The number of hydrogen-bond donors (Lipinski definition) is 2. The maximum Gasteiger partial charge on any atom is 0.122 e. The highest BCUT2D eigenvalue weighted by Crippen LogP contribution is 2.27. The van der Waals surface area contributed by atoms with Gasteiger partial charge < -0.3 is 15.6 Å². The predicted octanol–water partition coefficient (Wildman–Crippen LogP) is 1.23. The van der Waals surface area contributed by atoms with Crippen molar-refractivity contribution in [1.29, 1.82) is 0 Å². The average molecular weight is 236 g/mol. The van der Waals surface area contributed by atoms with Crippen LogP contribution in [-0.4, -0.2) is 36.4 Å². The Hall–Kier alpha value is -1.26. The maximum absolute atomic E-state index is 9.27. The van der Waals surface area contributed by atoms with E-state index in [2.05, 4.69) is 4.90 Å². The lowest BCUT2D eigenvalue weighted by Gasteiger charge is -2.22. The lowest BCUT2D eigenvalue weighted by molar-refractivity contribution is 0.0960. The number of benzene rings is 1. The molecule has 1 fully saturated rings. The predicted molar refractivity (Wildman–Crippen MR) is 67.9 cm³/mol. The second-order valence-electron chi connectivity index (χ2n) is 4.53. The molecule has 1 saturated heterocycles. The van der Waals surface area contributed by atoms with Crippen molar-refractivity contribution in [2.24, 2.45) is 0 Å². The molecule has 0 unspecified atom stereocenters. The summed E-state index contributed by atoms with van der Waals surface area (Å²) in [6.45, 7) is 1.11. The van der Waals surface area contributed by atoms with E-state index in [9.17, 15) is 5.11 Å². The SMILES string of the molecule is COc1ccc(N)cc1C[C@@H]1CCCN1CO. The fourth-order valence-corrected chi connectivity index (χ4v) is 2.52. The van der Waals surface area contributed by atoms with Crippen LogP contribution in [0, 0.1) is 0 Å². The number of ether oxygens (including phenoxy) is 1. The standard InChI is InChI=1S/C13H20N2O2/c1-17-13-5-4-11(14)7-10(13)8-12-3-2-6-15(12)9-16/h4-5,7,12,16H,2-3,6,8-9,14H2,1H3/t12-/m0/s1. The van der Waals surface area contributed by atoms with Gasteiger partial charge in [0.05, 0.1) is 13.8 Å². The second-order valence-corrected chi connectivity index (χ2v) is 4.53. The smallest absolute Gasteiger partial charge is 0.122 e. The van der Waals surface area contributed by atoms with E-state index in [0.717, 1.165) is 42.8 Å². The molecule has 0 spiro atoms. The quantitative estimate of drug-likeness (QED) is 0.772. The fraction of sp³-hybridized carbons (Fsp3) is 0.538. The molecule has 4 nitrogen and oxygen atoms in total. The molecule has 0 bridgehead atoms. The summed E-state index contributed by atoms with van der Waals surface area (Å²) in [4.78, 5) is 2.10. The number of nitrogens with two attached hydrogens (primary N) is 1. The molecule has 1 atom stereocenters. The van der Waals surface area contributed by atoms with Gasteiger partial charge in [-0.1, -0.05) is 0 Å². The minimum absolute atomic E-state index is 0.134. The summed E-state index contributed by atoms with van der Waals surface area (Å²) in [7, 11) is 1.67. The fourth-order valence-electron chi connectivity index (χ4n) is 2.52. The summed E-state index contributed by atoms with van der Waals surface area (Å²) in [6, 6.07) is 6.12. The Kier molecular flexibility index (Phi) is 3.86. The van der Waals surface area contributed by atoms with Crippen LogP contribution in [0.1, 0.15) is 18.4 Å². The summed E-state index contributed by atoms with van der Waals surface area (Å²) in [5.41, 5.74) is 7.69. The Balaban J connectivity index is 2.14. The average Bonchev–Trinajstić information content (AvgIpc) is 2.77. The number of rotatable bonds is 4. The largest absolute Gasteiger partial charge is 0.496 e. The second kappa shape index (κ2) is 5.38. The third kappa shape index (κ3) is 2.70. The molecule has 0 amide bonds. The molecular weight excluding hydrogens is 216 g/mol. The van der Waals surface area contributed by atoms with Crippen LogP contribution in [0.3, 0.4) is 0 Å². The van der Waals surface area contributed by atoms with Crippen LogP contribution in [-0.2, 0) is 6.42 Å². The normalized spacial score (nSPS) is 20.7. The zero-order valence-corrected chi connectivity index (χ0v) is 10.2. The molecule has 2 rings (SSSR count). The number of anilines is 1. The molecule has 17 heavy (non-hydrogen) atoms. The highest BCUT2D eigenvalue weighted by Gasteiger charge is 2.24. The minimum Gasteiger partial charge on any atom is -0.496 e. The molecule has 3 N–H and O–H groups in total. The number of hydrogen-bond acceptors (Lipinski definition) is 4. The highest BCUT2D eigenvalue weighted by molar-refractivity contribution is 5.48. The summed E-state index contributed by atoms with van der Waals surface area (Å²) < 4.78 is 5.34. The van der Waals surface area contributed by atoms with Crippen molar-refractivity contribution in [3.63, 3.8) is 0 Å². The number of nitrogens with zero attached hydrogens (tertiary/aromatic N) is 1. The van der Waals surface area contributed by atoms with Crippen LogP contribution in [0.4, 0.5) is 5.69 Å². The van der Waals surface area contributed by atoms with Crippen LogP contribution in [0.5, 0.6) is 5.75 Å². The van der Waals surface area contributed by atoms with Gasteiger partial charge in [-0.15, -0.1) is 0 Å². The maximum atomic E-state index is 9.27. The van der Waals surface area contributed by atoms with Gasteiger partial charge in [-0.2, -0.15) is 0 Å². The summed E-state index contributed by atoms with van der Waals surface area (Å²) in [6.07, 6.45) is 3.16. The Morgan fingerprint density at radius 3 is 3.06 bits per heavy atom. The van der Waals surface area contributed by atoms with Crippen molar-refractivity contribution in [2.45, 2.75) is 25.3 Å². The molecule has 1 aliphatic rings. The van der Waals surface area contributed by atoms with E-state index in [0.29, 0.717) is 6.04 Å². The summed E-state index contributed by atoms with van der Waals surface area (Å²) in [5, 5.41) is 9.27. The topological polar surface area (TPSA) is 58.7 Å². The number of aliphatic hydroxyl groups excluding tert-OH is 1. The van der Waals surface area contributed by atoms with E-state index in [4.69, 9.17) is 10.5 Å². The van der Waals surface area contributed by atoms with Gasteiger partial charge in [-0.05, 0) is 43.0 Å². The Bertz CT molecular complexity index is 382. The van der Waals surface area contributed by atoms with E-state index in [1.165, 1.54) is 0 Å². The molecule has 4 heteroatoms. The third-order valence-electron chi connectivity index (χ3n) is 3.44. The van der Waals surface area contributed by atoms with Gasteiger partial charge in [0.25, 0.3) is 0 Å². The van der Waals surface area contributed by atoms with Crippen LogP contribution < -0.4 is 10.5 Å². The molecular formula is C13H20N2O2. The first-order valence-corrected chi connectivity index (χ1v) is 6.02. The lowest BCUT2D eigenvalue weighted by atomic mass is 10.0. The molecule has 0 radical (unpaired) electrons. The zero-order chi connectivity index (χ0) is 12.3. The van der Waals surface area contributed by atoms with Gasteiger partial charge in [0.2, 0.25) is 0 Å². The Morgan fingerprint density at radius 2 is 2.35 bits per heavy atom. The first-order chi connectivity index (χ1) is 8.24. The zero-order valence-electron chi connectivity index (χ0n) is 10.2. The van der Waals surface area contributed by atoms with E-state index >= 15 is 0 Å². The van der Waals surface area contributed by atoms with Crippen molar-refractivity contribution >= 4 is 5.69 Å². The van der Waals surface area contributed by atoms with Crippen molar-refractivity contribution < 1.29 is 9.84 Å². The van der Waals surface area contributed by atoms with Crippen LogP contribution in [0.15, 0.2) is 18.2 Å². The first-order valence-electron chi connectivity index (χ1n) is 6.02. The first kappa shape index (κ1) is 12.2. The number of methoxy groups -OCH3 is 1. The van der Waals surface area contributed by atoms with Gasteiger partial charge in [0, 0.05) is 18.3 Å². The molecule has 0 aliphatic carbocycles. The van der Waals surface area contributed by atoms with Crippen molar-refractivity contribution in [1.82, 2.24) is 4.90 Å². The molecule has 1 aliphatic heterocycles. The third-order valence-corrected chi connectivity index (χ3v) is 3.44. The van der Waals surface area contributed by atoms with Gasteiger partial charge in [-0.25, -0.2) is 0 Å².